The lowest BCUT2D eigenvalue weighted by molar-refractivity contribution is 1.22. The molecule has 1 aromatic heterocycles. The van der Waals surface area contributed by atoms with Crippen molar-refractivity contribution >= 4 is 0 Å². The molecule has 0 aliphatic carbocycles. The molecule has 0 amide bonds. The largest absolute Gasteiger partial charge is 0.246 e. The van der Waals surface area contributed by atoms with Gasteiger partial charge in [0.1, 0.15) is 5.69 Å². The van der Waals surface area contributed by atoms with Crippen molar-refractivity contribution in [2.24, 2.45) is 0 Å². The maximum absolute atomic E-state index is 5.18. The Labute approximate surface area is 66.5 Å². The molecule has 11 heavy (non-hydrogen) atoms. The number of aryl methyl sites for hydroxylation is 1. The molecule has 0 aromatic carbocycles. The fourth-order valence-electron chi connectivity index (χ4n) is 0.805. The highest BCUT2D eigenvalue weighted by atomic mass is 14.7. The van der Waals surface area contributed by atoms with E-state index in [0.29, 0.717) is 5.69 Å². The Balaban J connectivity index is 3.25. The topological polar surface area (TPSA) is 12.9 Å². The molecule has 0 fully saturated rings. The van der Waals surface area contributed by atoms with Crippen LogP contribution in [0.15, 0.2) is 12.3 Å². The van der Waals surface area contributed by atoms with Crippen LogP contribution in [0.1, 0.15) is 16.8 Å². The van der Waals surface area contributed by atoms with Crippen LogP contribution in [0.3, 0.4) is 0 Å². The van der Waals surface area contributed by atoms with Gasteiger partial charge in [-0.1, -0.05) is 5.92 Å². The molecule has 52 valence electrons. The second kappa shape index (κ2) is 2.90. The van der Waals surface area contributed by atoms with Crippen LogP contribution in [-0.2, 0) is 0 Å². The number of pyridine rings is 1. The van der Waals surface area contributed by atoms with Gasteiger partial charge in [-0.15, -0.1) is 12.8 Å². The van der Waals surface area contributed by atoms with Gasteiger partial charge in [0, 0.05) is 11.8 Å². The first-order valence-electron chi connectivity index (χ1n) is 3.18. The molecule has 0 saturated heterocycles. The molecule has 1 nitrogen and oxygen atoms in total. The molecular weight excluding hydrogens is 134 g/mol. The summed E-state index contributed by atoms with van der Waals surface area (Å²) in [6, 6.07) is 1.85. The molecule has 1 heteroatoms. The first kappa shape index (κ1) is 7.38. The van der Waals surface area contributed by atoms with Crippen LogP contribution >= 0.6 is 0 Å². The average Bonchev–Trinajstić information content (AvgIpc) is 2.04. The standard InChI is InChI=1S/C10H7N/c1-4-9-6-8(3)10(5-2)11-7-9/h1-2,6-7H,3H3. The molecule has 0 aliphatic heterocycles. The van der Waals surface area contributed by atoms with Gasteiger partial charge in [-0.3, -0.25) is 0 Å². The van der Waals surface area contributed by atoms with E-state index < -0.39 is 0 Å². The summed E-state index contributed by atoms with van der Waals surface area (Å²) < 4.78 is 0. The van der Waals surface area contributed by atoms with E-state index in [9.17, 15) is 0 Å². The Morgan fingerprint density at radius 1 is 1.36 bits per heavy atom. The van der Waals surface area contributed by atoms with E-state index in [4.69, 9.17) is 12.8 Å². The fraction of sp³-hybridized carbons (Fsp3) is 0.100. The Kier molecular flexibility index (Phi) is 1.95. The van der Waals surface area contributed by atoms with Crippen molar-refractivity contribution in [2.75, 3.05) is 0 Å². The Morgan fingerprint density at radius 3 is 2.55 bits per heavy atom. The van der Waals surface area contributed by atoms with Crippen molar-refractivity contribution < 1.29 is 0 Å². The van der Waals surface area contributed by atoms with Crippen LogP contribution in [0.5, 0.6) is 0 Å². The Hall–Kier alpha value is -1.73. The number of hydrogen-bond donors (Lipinski definition) is 0. The average molecular weight is 141 g/mol. The molecule has 0 saturated carbocycles. The van der Waals surface area contributed by atoms with E-state index >= 15 is 0 Å². The van der Waals surface area contributed by atoms with E-state index in [1.807, 2.05) is 13.0 Å². The summed E-state index contributed by atoms with van der Waals surface area (Å²) in [5, 5.41) is 0. The SMILES string of the molecule is C#Cc1cnc(C#C)c(C)c1. The molecule has 1 heterocycles. The zero-order valence-electron chi connectivity index (χ0n) is 6.26. The third-order valence-corrected chi connectivity index (χ3v) is 1.38. The molecule has 0 unspecified atom stereocenters. The smallest absolute Gasteiger partial charge is 0.115 e. The van der Waals surface area contributed by atoms with Crippen LogP contribution in [0.25, 0.3) is 0 Å². The lowest BCUT2D eigenvalue weighted by Gasteiger charge is -1.96. The van der Waals surface area contributed by atoms with Gasteiger partial charge in [0.05, 0.1) is 0 Å². The van der Waals surface area contributed by atoms with Gasteiger partial charge in [-0.05, 0) is 24.5 Å². The molecule has 0 aliphatic rings. The van der Waals surface area contributed by atoms with Gasteiger partial charge < -0.3 is 0 Å². The zero-order chi connectivity index (χ0) is 8.27. The fourth-order valence-corrected chi connectivity index (χ4v) is 0.805. The van der Waals surface area contributed by atoms with Gasteiger partial charge in [0.15, 0.2) is 0 Å². The van der Waals surface area contributed by atoms with Crippen molar-refractivity contribution in [3.63, 3.8) is 0 Å². The number of nitrogens with zero attached hydrogens (tertiary/aromatic N) is 1. The summed E-state index contributed by atoms with van der Waals surface area (Å²) in [5.41, 5.74) is 2.37. The van der Waals surface area contributed by atoms with Gasteiger partial charge >= 0.3 is 0 Å². The second-order valence-corrected chi connectivity index (χ2v) is 2.18. The summed E-state index contributed by atoms with van der Waals surface area (Å²) >= 11 is 0. The normalized spacial score (nSPS) is 8.27. The molecule has 0 N–H and O–H groups in total. The van der Waals surface area contributed by atoms with Crippen molar-refractivity contribution in [3.05, 3.63) is 29.1 Å². The molecule has 1 rings (SSSR count). The van der Waals surface area contributed by atoms with E-state index in [1.165, 1.54) is 0 Å². The van der Waals surface area contributed by atoms with E-state index in [-0.39, 0.29) is 0 Å². The van der Waals surface area contributed by atoms with Crippen LogP contribution in [0, 0.1) is 31.6 Å². The van der Waals surface area contributed by atoms with Gasteiger partial charge in [-0.2, -0.15) is 0 Å². The number of terminal acetylenes is 2. The van der Waals surface area contributed by atoms with Crippen LogP contribution < -0.4 is 0 Å². The van der Waals surface area contributed by atoms with E-state index in [1.54, 1.807) is 6.20 Å². The third kappa shape index (κ3) is 1.39. The summed E-state index contributed by atoms with van der Waals surface area (Å²) in [5.74, 6) is 4.95. The minimum absolute atomic E-state index is 0.656. The summed E-state index contributed by atoms with van der Waals surface area (Å²) in [7, 11) is 0. The van der Waals surface area contributed by atoms with Crippen LogP contribution in [-0.4, -0.2) is 4.98 Å². The van der Waals surface area contributed by atoms with Gasteiger partial charge in [0.25, 0.3) is 0 Å². The quantitative estimate of drug-likeness (QED) is 0.497. The monoisotopic (exact) mass is 141 g/mol. The minimum Gasteiger partial charge on any atom is -0.246 e. The number of aromatic nitrogens is 1. The number of rotatable bonds is 0. The lowest BCUT2D eigenvalue weighted by Crippen LogP contribution is -1.88. The van der Waals surface area contributed by atoms with E-state index in [0.717, 1.165) is 11.1 Å². The lowest BCUT2D eigenvalue weighted by atomic mass is 10.2. The predicted molar refractivity (Wildman–Crippen MR) is 44.8 cm³/mol. The summed E-state index contributed by atoms with van der Waals surface area (Å²) in [6.45, 7) is 1.89. The molecular formula is C10H7N. The van der Waals surface area contributed by atoms with Gasteiger partial charge in [0.2, 0.25) is 0 Å². The first-order chi connectivity index (χ1) is 5.27. The Bertz CT molecular complexity index is 350. The summed E-state index contributed by atoms with van der Waals surface area (Å²) in [6.07, 6.45) is 11.9. The van der Waals surface area contributed by atoms with Crippen molar-refractivity contribution in [3.8, 4) is 24.7 Å². The first-order valence-corrected chi connectivity index (χ1v) is 3.18. The molecule has 0 spiro atoms. The Morgan fingerprint density at radius 2 is 2.09 bits per heavy atom. The third-order valence-electron chi connectivity index (χ3n) is 1.38. The minimum atomic E-state index is 0.656. The van der Waals surface area contributed by atoms with Crippen molar-refractivity contribution in [2.45, 2.75) is 6.92 Å². The second-order valence-electron chi connectivity index (χ2n) is 2.18. The van der Waals surface area contributed by atoms with Crippen molar-refractivity contribution in [1.82, 2.24) is 4.98 Å². The molecule has 1 aromatic rings. The molecule has 0 atom stereocenters. The van der Waals surface area contributed by atoms with E-state index in [2.05, 4.69) is 16.8 Å². The predicted octanol–water partition coefficient (Wildman–Crippen LogP) is 1.35. The highest BCUT2D eigenvalue weighted by Gasteiger charge is 1.95. The highest BCUT2D eigenvalue weighted by molar-refractivity contribution is 5.39. The van der Waals surface area contributed by atoms with Crippen molar-refractivity contribution in [1.29, 1.82) is 0 Å². The zero-order valence-corrected chi connectivity index (χ0v) is 6.26. The summed E-state index contributed by atoms with van der Waals surface area (Å²) in [4.78, 5) is 3.99. The maximum atomic E-state index is 5.18. The molecule has 0 bridgehead atoms. The molecule has 0 radical (unpaired) electrons. The van der Waals surface area contributed by atoms with Crippen LogP contribution in [0.4, 0.5) is 0 Å². The van der Waals surface area contributed by atoms with Crippen LogP contribution in [0.2, 0.25) is 0 Å². The number of hydrogen-bond acceptors (Lipinski definition) is 1. The highest BCUT2D eigenvalue weighted by Crippen LogP contribution is 2.04. The maximum Gasteiger partial charge on any atom is 0.115 e. The van der Waals surface area contributed by atoms with Gasteiger partial charge in [-0.25, -0.2) is 4.98 Å².